The molecule has 1 amide bonds. The van der Waals surface area contributed by atoms with E-state index in [1.54, 1.807) is 7.11 Å². The Hall–Kier alpha value is -1.07. The maximum Gasteiger partial charge on any atom is 0.219 e. The minimum atomic E-state index is 0.00867. The van der Waals surface area contributed by atoms with Gasteiger partial charge in [-0.25, -0.2) is 0 Å². The van der Waals surface area contributed by atoms with Crippen LogP contribution in [0.1, 0.15) is 18.9 Å². The number of halogens is 1. The number of methoxy groups -OCH3 is 1. The second kappa shape index (κ2) is 8.17. The SMILES string of the molecule is CCC(=O)NC[C@H](CO)Cc1ccc(OC)c(Br)c1. The second-order valence-corrected chi connectivity index (χ2v) is 5.23. The summed E-state index contributed by atoms with van der Waals surface area (Å²) in [5, 5.41) is 12.2. The highest BCUT2D eigenvalue weighted by molar-refractivity contribution is 9.10. The summed E-state index contributed by atoms with van der Waals surface area (Å²) in [6.45, 7) is 2.35. The van der Waals surface area contributed by atoms with Crippen molar-refractivity contribution in [2.24, 2.45) is 5.92 Å². The maximum atomic E-state index is 11.2. The van der Waals surface area contributed by atoms with Gasteiger partial charge in [0, 0.05) is 25.5 Å². The van der Waals surface area contributed by atoms with Crippen LogP contribution < -0.4 is 10.1 Å². The van der Waals surface area contributed by atoms with E-state index in [0.29, 0.717) is 19.4 Å². The molecule has 0 fully saturated rings. The topological polar surface area (TPSA) is 58.6 Å². The first-order chi connectivity index (χ1) is 9.10. The molecule has 0 unspecified atom stereocenters. The fourth-order valence-electron chi connectivity index (χ4n) is 1.75. The summed E-state index contributed by atoms with van der Waals surface area (Å²) in [5.74, 6) is 0.814. The summed E-state index contributed by atoms with van der Waals surface area (Å²) < 4.78 is 6.06. The molecular weight excluding hydrogens is 310 g/mol. The lowest BCUT2D eigenvalue weighted by Crippen LogP contribution is -2.31. The number of aliphatic hydroxyl groups is 1. The number of hydrogen-bond donors (Lipinski definition) is 2. The van der Waals surface area contributed by atoms with Gasteiger partial charge in [-0.15, -0.1) is 0 Å². The molecule has 0 saturated heterocycles. The first-order valence-electron chi connectivity index (χ1n) is 6.30. The Morgan fingerprint density at radius 2 is 2.26 bits per heavy atom. The molecule has 0 spiro atoms. The highest BCUT2D eigenvalue weighted by Gasteiger charge is 2.11. The zero-order valence-corrected chi connectivity index (χ0v) is 12.9. The van der Waals surface area contributed by atoms with Gasteiger partial charge in [0.15, 0.2) is 0 Å². The zero-order valence-electron chi connectivity index (χ0n) is 11.3. The Bertz CT molecular complexity index is 423. The van der Waals surface area contributed by atoms with Gasteiger partial charge >= 0.3 is 0 Å². The molecule has 0 saturated carbocycles. The number of nitrogens with one attached hydrogen (secondary N) is 1. The Labute approximate surface area is 122 Å². The van der Waals surface area contributed by atoms with Gasteiger partial charge in [-0.1, -0.05) is 13.0 Å². The first-order valence-corrected chi connectivity index (χ1v) is 7.10. The molecule has 0 heterocycles. The molecule has 1 rings (SSSR count). The molecule has 5 heteroatoms. The average molecular weight is 330 g/mol. The van der Waals surface area contributed by atoms with Crippen LogP contribution >= 0.6 is 15.9 Å². The van der Waals surface area contributed by atoms with Crippen molar-refractivity contribution in [3.05, 3.63) is 28.2 Å². The van der Waals surface area contributed by atoms with Crippen molar-refractivity contribution in [2.75, 3.05) is 20.3 Å². The molecule has 106 valence electrons. The summed E-state index contributed by atoms with van der Waals surface area (Å²) in [7, 11) is 1.62. The molecule has 19 heavy (non-hydrogen) atoms. The molecule has 0 radical (unpaired) electrons. The van der Waals surface area contributed by atoms with E-state index in [0.717, 1.165) is 15.8 Å². The van der Waals surface area contributed by atoms with E-state index >= 15 is 0 Å². The average Bonchev–Trinajstić information content (AvgIpc) is 2.43. The van der Waals surface area contributed by atoms with E-state index in [4.69, 9.17) is 4.74 Å². The van der Waals surface area contributed by atoms with Crippen LogP contribution in [0, 0.1) is 5.92 Å². The number of carbonyl (C=O) groups excluding carboxylic acids is 1. The molecular formula is C14H20BrNO3. The van der Waals surface area contributed by atoms with Gasteiger partial charge in [-0.05, 0) is 40.0 Å². The Morgan fingerprint density at radius 3 is 2.79 bits per heavy atom. The number of aliphatic hydroxyl groups excluding tert-OH is 1. The molecule has 0 aliphatic carbocycles. The number of hydrogen-bond acceptors (Lipinski definition) is 3. The second-order valence-electron chi connectivity index (χ2n) is 4.38. The van der Waals surface area contributed by atoms with Gasteiger partial charge < -0.3 is 15.2 Å². The number of amides is 1. The van der Waals surface area contributed by atoms with Crippen LogP contribution in [0.2, 0.25) is 0 Å². The third-order valence-electron chi connectivity index (χ3n) is 2.91. The minimum absolute atomic E-state index is 0.00867. The van der Waals surface area contributed by atoms with Crippen LogP contribution in [-0.2, 0) is 11.2 Å². The van der Waals surface area contributed by atoms with Gasteiger partial charge in [0.2, 0.25) is 5.91 Å². The predicted octanol–water partition coefficient (Wildman–Crippen LogP) is 2.13. The van der Waals surface area contributed by atoms with Crippen molar-refractivity contribution in [1.29, 1.82) is 0 Å². The minimum Gasteiger partial charge on any atom is -0.496 e. The van der Waals surface area contributed by atoms with Crippen LogP contribution in [0.25, 0.3) is 0 Å². The van der Waals surface area contributed by atoms with Gasteiger partial charge in [0.05, 0.1) is 11.6 Å². The Morgan fingerprint density at radius 1 is 1.53 bits per heavy atom. The zero-order chi connectivity index (χ0) is 14.3. The lowest BCUT2D eigenvalue weighted by atomic mass is 10.00. The van der Waals surface area contributed by atoms with Crippen LogP contribution in [0.15, 0.2) is 22.7 Å². The molecule has 1 aromatic rings. The number of rotatable bonds is 7. The van der Waals surface area contributed by atoms with Gasteiger partial charge in [-0.2, -0.15) is 0 Å². The third kappa shape index (κ3) is 5.20. The number of carbonyl (C=O) groups is 1. The maximum absolute atomic E-state index is 11.2. The van der Waals surface area contributed by atoms with E-state index in [-0.39, 0.29) is 18.4 Å². The molecule has 0 aliphatic heterocycles. The monoisotopic (exact) mass is 329 g/mol. The van der Waals surface area contributed by atoms with Gasteiger partial charge in [0.1, 0.15) is 5.75 Å². The van der Waals surface area contributed by atoms with E-state index < -0.39 is 0 Å². The van der Waals surface area contributed by atoms with Crippen molar-refractivity contribution in [1.82, 2.24) is 5.32 Å². The van der Waals surface area contributed by atoms with Crippen LogP contribution in [0.3, 0.4) is 0 Å². The van der Waals surface area contributed by atoms with Crippen LogP contribution in [0.4, 0.5) is 0 Å². The van der Waals surface area contributed by atoms with E-state index in [1.165, 1.54) is 0 Å². The number of benzene rings is 1. The van der Waals surface area contributed by atoms with Gasteiger partial charge in [0.25, 0.3) is 0 Å². The van der Waals surface area contributed by atoms with Crippen molar-refractivity contribution in [2.45, 2.75) is 19.8 Å². The van der Waals surface area contributed by atoms with Crippen LogP contribution in [0.5, 0.6) is 5.75 Å². The van der Waals surface area contributed by atoms with Gasteiger partial charge in [-0.3, -0.25) is 4.79 Å². The molecule has 0 aromatic heterocycles. The standard InChI is InChI=1S/C14H20BrNO3/c1-3-14(18)16-8-11(9-17)6-10-4-5-13(19-2)12(15)7-10/h4-5,7,11,17H,3,6,8-9H2,1-2H3,(H,16,18)/t11-/m1/s1. The summed E-state index contributed by atoms with van der Waals surface area (Å²) in [6.07, 6.45) is 1.18. The largest absolute Gasteiger partial charge is 0.496 e. The lowest BCUT2D eigenvalue weighted by Gasteiger charge is -2.15. The Balaban J connectivity index is 2.60. The summed E-state index contributed by atoms with van der Waals surface area (Å²) in [5.41, 5.74) is 1.09. The summed E-state index contributed by atoms with van der Waals surface area (Å²) in [4.78, 5) is 11.2. The highest BCUT2D eigenvalue weighted by atomic mass is 79.9. The molecule has 2 N–H and O–H groups in total. The van der Waals surface area contributed by atoms with E-state index in [1.807, 2.05) is 25.1 Å². The summed E-state index contributed by atoms with van der Waals surface area (Å²) >= 11 is 3.44. The molecule has 4 nitrogen and oxygen atoms in total. The highest BCUT2D eigenvalue weighted by Crippen LogP contribution is 2.26. The lowest BCUT2D eigenvalue weighted by molar-refractivity contribution is -0.121. The molecule has 0 bridgehead atoms. The van der Waals surface area contributed by atoms with E-state index in [2.05, 4.69) is 21.2 Å². The van der Waals surface area contributed by atoms with Crippen molar-refractivity contribution >= 4 is 21.8 Å². The predicted molar refractivity (Wildman–Crippen MR) is 78.3 cm³/mol. The normalized spacial score (nSPS) is 12.0. The molecule has 1 atom stereocenters. The fraction of sp³-hybridized carbons (Fsp3) is 0.500. The van der Waals surface area contributed by atoms with Crippen molar-refractivity contribution in [3.63, 3.8) is 0 Å². The van der Waals surface area contributed by atoms with Crippen LogP contribution in [-0.4, -0.2) is 31.3 Å². The molecule has 0 aliphatic rings. The fourth-order valence-corrected chi connectivity index (χ4v) is 2.34. The Kier molecular flexibility index (Phi) is 6.87. The van der Waals surface area contributed by atoms with E-state index in [9.17, 15) is 9.90 Å². The first kappa shape index (κ1) is 16.0. The quantitative estimate of drug-likeness (QED) is 0.805. The third-order valence-corrected chi connectivity index (χ3v) is 3.53. The van der Waals surface area contributed by atoms with Crippen molar-refractivity contribution in [3.8, 4) is 5.75 Å². The molecule has 1 aromatic carbocycles. The summed E-state index contributed by atoms with van der Waals surface area (Å²) in [6, 6.07) is 5.83. The van der Waals surface area contributed by atoms with Crippen molar-refractivity contribution < 1.29 is 14.6 Å². The smallest absolute Gasteiger partial charge is 0.219 e. The number of ether oxygens (including phenoxy) is 1.